The van der Waals surface area contributed by atoms with Crippen molar-refractivity contribution in [1.82, 2.24) is 0 Å². The third-order valence-electron chi connectivity index (χ3n) is 8.46. The number of halogens is 2. The van der Waals surface area contributed by atoms with Crippen molar-refractivity contribution in [2.75, 3.05) is 0 Å². The fourth-order valence-electron chi connectivity index (χ4n) is 5.59. The fraction of sp³-hybridized carbons (Fsp3) is 0.222. The Balaban J connectivity index is 0.000000202. The summed E-state index contributed by atoms with van der Waals surface area (Å²) in [6, 6.07) is 46.6. The second-order valence-electron chi connectivity index (χ2n) is 14.0. The molecule has 0 aromatic heterocycles. The molecule has 5 aromatic carbocycles. The van der Waals surface area contributed by atoms with E-state index in [9.17, 15) is 0 Å². The maximum atomic E-state index is 3.53. The Morgan fingerprint density at radius 2 is 1.15 bits per heavy atom. The van der Waals surface area contributed by atoms with E-state index in [0.29, 0.717) is 0 Å². The molecule has 0 amide bonds. The quantitative estimate of drug-likeness (QED) is 0.216. The summed E-state index contributed by atoms with van der Waals surface area (Å²) in [5.41, 5.74) is 14.0. The molecule has 0 bridgehead atoms. The molecule has 0 nitrogen and oxygen atoms in total. The van der Waals surface area contributed by atoms with Gasteiger partial charge in [0.15, 0.2) is 0 Å². The minimum absolute atomic E-state index is 0. The molecule has 0 N–H and O–H groups in total. The molecular weight excluding hydrogens is 703 g/mol. The molecule has 0 aliphatic heterocycles. The van der Waals surface area contributed by atoms with Gasteiger partial charge in [0.1, 0.15) is 0 Å². The Bertz CT molecular complexity index is 1740. The Morgan fingerprint density at radius 3 is 1.65 bits per heavy atom. The number of rotatable bonds is 3. The molecule has 0 heterocycles. The Kier molecular flexibility index (Phi) is 14.4. The number of hydrogen-bond acceptors (Lipinski definition) is 0. The van der Waals surface area contributed by atoms with Crippen molar-refractivity contribution in [1.29, 1.82) is 0 Å². The summed E-state index contributed by atoms with van der Waals surface area (Å²) < 4.78 is 1.42. The molecule has 0 unspecified atom stereocenters. The van der Waals surface area contributed by atoms with Crippen LogP contribution < -0.4 is 24.8 Å². The molecule has 5 aromatic rings. The van der Waals surface area contributed by atoms with Gasteiger partial charge in [-0.1, -0.05) is 107 Å². The first kappa shape index (κ1) is 39.4. The zero-order valence-electron chi connectivity index (χ0n) is 28.9. The van der Waals surface area contributed by atoms with Gasteiger partial charge in [-0.2, -0.15) is 41.0 Å². The molecule has 0 atom stereocenters. The second kappa shape index (κ2) is 17.5. The van der Waals surface area contributed by atoms with E-state index >= 15 is 0 Å². The summed E-state index contributed by atoms with van der Waals surface area (Å²) in [4.78, 5) is 0. The number of fused-ring (bicyclic) bond motifs is 3. The Hall–Kier alpha value is -3.09. The van der Waals surface area contributed by atoms with Crippen molar-refractivity contribution in [3.05, 3.63) is 185 Å². The summed E-state index contributed by atoms with van der Waals surface area (Å²) in [7, 11) is 0. The van der Waals surface area contributed by atoms with Crippen LogP contribution in [0.3, 0.4) is 0 Å². The van der Waals surface area contributed by atoms with Crippen LogP contribution >= 0.6 is 0 Å². The summed E-state index contributed by atoms with van der Waals surface area (Å²) in [5, 5.41) is 0. The summed E-state index contributed by atoms with van der Waals surface area (Å²) >= 11 is 1.46. The van der Waals surface area contributed by atoms with Crippen molar-refractivity contribution >= 4 is 8.78 Å². The van der Waals surface area contributed by atoms with E-state index in [4.69, 9.17) is 0 Å². The normalized spacial score (nSPS) is 12.5. The molecule has 0 fully saturated rings. The second-order valence-corrected chi connectivity index (χ2v) is 15.2. The van der Waals surface area contributed by atoms with Crippen LogP contribution in [0.4, 0.5) is 0 Å². The van der Waals surface area contributed by atoms with Gasteiger partial charge in [0.25, 0.3) is 0 Å². The number of hydrogen-bond donors (Lipinski definition) is 0. The van der Waals surface area contributed by atoms with Crippen LogP contribution in [-0.4, -0.2) is 3.21 Å². The molecule has 0 spiro atoms. The van der Waals surface area contributed by atoms with Crippen LogP contribution in [0, 0.1) is 12.1 Å². The van der Waals surface area contributed by atoms with Gasteiger partial charge in [0.05, 0.1) is 0 Å². The average molecular weight is 747 g/mol. The van der Waals surface area contributed by atoms with Gasteiger partial charge in [-0.3, -0.25) is 6.08 Å². The van der Waals surface area contributed by atoms with E-state index in [2.05, 4.69) is 181 Å². The van der Waals surface area contributed by atoms with Gasteiger partial charge < -0.3 is 24.8 Å². The standard InChI is InChI=1S/C21H25.C13H10.C11H9.2ClH.Zr/c1-20(2,3)16-9-7-14-11-15-8-10-17(21(4,5)6)13-19(15)18(14)12-16;1-3-7-12(8-4-1)11-13-9-5-2-6-10-13;1-2-6-10(7-3-1)11-8-4-5-9-11;;;/h7,9-10,12-13H,11H2,1-6H3;1-10H;1-3,6-9H,4H2;2*1H;/q-1;;-1;;;+2/p-2. The zero-order chi connectivity index (χ0) is 32.7. The SMILES string of the molecule is CC(C)(C)c1c[c-]c2c(c1)-c1cc(C(C)(C)C)ccc1C2.[C-]1=CC(c2ccccc2)=CC1.[Cl-].[Cl-].[Zr+2]=[C](c1ccccc1)c1ccccc1. The molecule has 3 heteroatoms. The third kappa shape index (κ3) is 10.2. The van der Waals surface area contributed by atoms with E-state index in [1.807, 2.05) is 6.07 Å². The van der Waals surface area contributed by atoms with Crippen LogP contribution in [0.15, 0.2) is 133 Å². The summed E-state index contributed by atoms with van der Waals surface area (Å²) in [5.74, 6) is 0. The van der Waals surface area contributed by atoms with Crippen LogP contribution in [0.1, 0.15) is 86.9 Å². The minimum atomic E-state index is 0. The van der Waals surface area contributed by atoms with Crippen molar-refractivity contribution in [2.24, 2.45) is 0 Å². The summed E-state index contributed by atoms with van der Waals surface area (Å²) in [6.45, 7) is 13.6. The van der Waals surface area contributed by atoms with Gasteiger partial charge in [0, 0.05) is 0 Å². The monoisotopic (exact) mass is 744 g/mol. The van der Waals surface area contributed by atoms with Crippen LogP contribution in [-0.2, 0) is 41.5 Å². The van der Waals surface area contributed by atoms with E-state index < -0.39 is 0 Å². The molecule has 0 radical (unpaired) electrons. The average Bonchev–Trinajstić information content (AvgIpc) is 3.74. The van der Waals surface area contributed by atoms with Gasteiger partial charge in [0.2, 0.25) is 0 Å². The van der Waals surface area contributed by atoms with Gasteiger partial charge in [-0.25, -0.2) is 6.08 Å². The van der Waals surface area contributed by atoms with E-state index in [0.717, 1.165) is 12.8 Å². The van der Waals surface area contributed by atoms with Crippen molar-refractivity contribution in [2.45, 2.75) is 65.2 Å². The van der Waals surface area contributed by atoms with E-state index in [1.165, 1.54) is 83.1 Å². The number of allylic oxidation sites excluding steroid dienone is 4. The molecular formula is C45H44Cl2Zr-2. The first-order valence-corrected chi connectivity index (χ1v) is 17.4. The van der Waals surface area contributed by atoms with E-state index in [-0.39, 0.29) is 35.6 Å². The van der Waals surface area contributed by atoms with Crippen LogP contribution in [0.5, 0.6) is 0 Å². The Morgan fingerprint density at radius 1 is 0.625 bits per heavy atom. The van der Waals surface area contributed by atoms with Crippen molar-refractivity contribution in [3.63, 3.8) is 0 Å². The van der Waals surface area contributed by atoms with Crippen LogP contribution in [0.2, 0.25) is 0 Å². The molecule has 48 heavy (non-hydrogen) atoms. The molecule has 7 rings (SSSR count). The van der Waals surface area contributed by atoms with Gasteiger partial charge in [-0.05, 0) is 17.4 Å². The van der Waals surface area contributed by atoms with Gasteiger partial charge in [-0.15, -0.1) is 17.5 Å². The molecule has 2 aliphatic rings. The van der Waals surface area contributed by atoms with Crippen molar-refractivity contribution < 1.29 is 49.0 Å². The molecule has 2 aliphatic carbocycles. The Labute approximate surface area is 316 Å². The first-order valence-electron chi connectivity index (χ1n) is 16.2. The maximum absolute atomic E-state index is 3.53. The predicted molar refractivity (Wildman–Crippen MR) is 194 cm³/mol. The van der Waals surface area contributed by atoms with Crippen molar-refractivity contribution in [3.8, 4) is 11.1 Å². The van der Waals surface area contributed by atoms with E-state index in [1.54, 1.807) is 0 Å². The van der Waals surface area contributed by atoms with Gasteiger partial charge >= 0.3 is 99.2 Å². The third-order valence-corrected chi connectivity index (χ3v) is 9.87. The molecule has 244 valence electrons. The zero-order valence-corrected chi connectivity index (χ0v) is 32.8. The molecule has 0 saturated heterocycles. The first-order chi connectivity index (χ1) is 22.0. The topological polar surface area (TPSA) is 0 Å². The summed E-state index contributed by atoms with van der Waals surface area (Å²) in [6.07, 6.45) is 9.38. The predicted octanol–water partition coefficient (Wildman–Crippen LogP) is 5.30. The van der Waals surface area contributed by atoms with Crippen LogP contribution in [0.25, 0.3) is 16.7 Å². The number of benzene rings is 5. The fourth-order valence-corrected chi connectivity index (χ4v) is 6.41. The molecule has 0 saturated carbocycles.